The molecule has 21 heavy (non-hydrogen) atoms. The van der Waals surface area contributed by atoms with Gasteiger partial charge in [-0.1, -0.05) is 36.4 Å². The molecule has 2 aromatic rings. The number of aromatic nitrogens is 1. The Balaban J connectivity index is 1.48. The lowest BCUT2D eigenvalue weighted by molar-refractivity contribution is 0.206. The number of piperazine rings is 1. The van der Waals surface area contributed by atoms with E-state index in [1.165, 1.54) is 29.8 Å². The molecule has 1 saturated heterocycles. The molecule has 3 heteroatoms. The Morgan fingerprint density at radius 2 is 1.95 bits per heavy atom. The van der Waals surface area contributed by atoms with Gasteiger partial charge in [0.25, 0.3) is 0 Å². The number of fused-ring (bicyclic) bond motifs is 3. The average Bonchev–Trinajstić information content (AvgIpc) is 2.55. The van der Waals surface area contributed by atoms with E-state index < -0.39 is 0 Å². The predicted molar refractivity (Wildman–Crippen MR) is 85.4 cm³/mol. The summed E-state index contributed by atoms with van der Waals surface area (Å²) in [7, 11) is 0. The number of hydrogen-bond acceptors (Lipinski definition) is 3. The van der Waals surface area contributed by atoms with Gasteiger partial charge in [0.1, 0.15) is 5.82 Å². The zero-order valence-electron chi connectivity index (χ0n) is 12.3. The van der Waals surface area contributed by atoms with E-state index in [9.17, 15) is 0 Å². The Morgan fingerprint density at radius 1 is 1.05 bits per heavy atom. The monoisotopic (exact) mass is 279 g/mol. The maximum Gasteiger partial charge on any atom is 0.132 e. The first kappa shape index (κ1) is 12.8. The van der Waals surface area contributed by atoms with Gasteiger partial charge in [0.2, 0.25) is 0 Å². The van der Waals surface area contributed by atoms with Crippen LogP contribution < -0.4 is 4.90 Å². The van der Waals surface area contributed by atoms with Crippen LogP contribution in [0.15, 0.2) is 48.7 Å². The van der Waals surface area contributed by atoms with Crippen molar-refractivity contribution in [1.82, 2.24) is 9.88 Å². The van der Waals surface area contributed by atoms with Crippen molar-refractivity contribution >= 4 is 5.82 Å². The number of hydrogen-bond donors (Lipinski definition) is 0. The predicted octanol–water partition coefficient (Wildman–Crippen LogP) is 2.72. The molecule has 108 valence electrons. The number of rotatable bonds is 2. The summed E-state index contributed by atoms with van der Waals surface area (Å²) >= 11 is 0. The Kier molecular flexibility index (Phi) is 3.36. The van der Waals surface area contributed by atoms with Gasteiger partial charge < -0.3 is 4.90 Å². The minimum absolute atomic E-state index is 0.630. The van der Waals surface area contributed by atoms with Crippen molar-refractivity contribution < 1.29 is 0 Å². The molecular weight excluding hydrogens is 258 g/mol. The third-order valence-electron chi connectivity index (χ3n) is 4.70. The van der Waals surface area contributed by atoms with Gasteiger partial charge in [0, 0.05) is 38.4 Å². The summed E-state index contributed by atoms with van der Waals surface area (Å²) in [6.07, 6.45) is 4.35. The molecule has 0 amide bonds. The number of aryl methyl sites for hydroxylation is 1. The third kappa shape index (κ3) is 2.54. The van der Waals surface area contributed by atoms with Crippen LogP contribution >= 0.6 is 0 Å². The zero-order valence-corrected chi connectivity index (χ0v) is 12.3. The van der Waals surface area contributed by atoms with E-state index in [4.69, 9.17) is 0 Å². The van der Waals surface area contributed by atoms with E-state index in [2.05, 4.69) is 57.2 Å². The van der Waals surface area contributed by atoms with E-state index in [1.807, 2.05) is 6.20 Å². The highest BCUT2D eigenvalue weighted by atomic mass is 15.3. The first-order valence-electron chi connectivity index (χ1n) is 7.87. The molecule has 3 nitrogen and oxygen atoms in total. The quantitative estimate of drug-likeness (QED) is 0.842. The lowest BCUT2D eigenvalue weighted by Crippen LogP contribution is -2.55. The van der Waals surface area contributed by atoms with Gasteiger partial charge in [0.05, 0.1) is 0 Å². The van der Waals surface area contributed by atoms with E-state index in [1.54, 1.807) is 0 Å². The van der Waals surface area contributed by atoms with Crippen molar-refractivity contribution in [2.75, 3.05) is 24.5 Å². The number of pyridine rings is 1. The SMILES string of the molecule is c1ccc(CN2CCN3c4ncccc4CC[C@@H]3C2)cc1. The van der Waals surface area contributed by atoms with Crippen molar-refractivity contribution in [2.45, 2.75) is 25.4 Å². The molecule has 0 aliphatic carbocycles. The molecule has 1 aromatic carbocycles. The zero-order chi connectivity index (χ0) is 14.1. The van der Waals surface area contributed by atoms with Crippen molar-refractivity contribution in [3.05, 3.63) is 59.8 Å². The van der Waals surface area contributed by atoms with Gasteiger partial charge in [-0.25, -0.2) is 4.98 Å². The third-order valence-corrected chi connectivity index (χ3v) is 4.70. The summed E-state index contributed by atoms with van der Waals surface area (Å²) < 4.78 is 0. The summed E-state index contributed by atoms with van der Waals surface area (Å²) in [4.78, 5) is 9.74. The van der Waals surface area contributed by atoms with E-state index >= 15 is 0 Å². The highest BCUT2D eigenvalue weighted by molar-refractivity contribution is 5.50. The molecule has 4 rings (SSSR count). The lowest BCUT2D eigenvalue weighted by Gasteiger charge is -2.45. The van der Waals surface area contributed by atoms with Gasteiger partial charge >= 0.3 is 0 Å². The molecule has 2 aliphatic heterocycles. The highest BCUT2D eigenvalue weighted by Crippen LogP contribution is 2.30. The van der Waals surface area contributed by atoms with Crippen molar-refractivity contribution in [1.29, 1.82) is 0 Å². The minimum Gasteiger partial charge on any atom is -0.351 e. The molecule has 0 saturated carbocycles. The first-order chi connectivity index (χ1) is 10.4. The average molecular weight is 279 g/mol. The molecule has 2 aliphatic rings. The second-order valence-corrected chi connectivity index (χ2v) is 6.09. The van der Waals surface area contributed by atoms with Crippen molar-refractivity contribution in [3.63, 3.8) is 0 Å². The summed E-state index contributed by atoms with van der Waals surface area (Å²) in [5, 5.41) is 0. The maximum atomic E-state index is 4.62. The van der Waals surface area contributed by atoms with Crippen LogP contribution in [0.1, 0.15) is 17.5 Å². The van der Waals surface area contributed by atoms with Gasteiger partial charge in [-0.15, -0.1) is 0 Å². The fourth-order valence-electron chi connectivity index (χ4n) is 3.64. The van der Waals surface area contributed by atoms with Crippen molar-refractivity contribution in [2.24, 2.45) is 0 Å². The topological polar surface area (TPSA) is 19.4 Å². The lowest BCUT2D eigenvalue weighted by atomic mass is 9.96. The molecule has 3 heterocycles. The minimum atomic E-state index is 0.630. The summed E-state index contributed by atoms with van der Waals surface area (Å²) in [6, 6.07) is 15.7. The fourth-order valence-corrected chi connectivity index (χ4v) is 3.64. The van der Waals surface area contributed by atoms with Crippen LogP contribution in [0.2, 0.25) is 0 Å². The smallest absolute Gasteiger partial charge is 0.132 e. The van der Waals surface area contributed by atoms with E-state index in [0.717, 1.165) is 26.2 Å². The van der Waals surface area contributed by atoms with Crippen LogP contribution in [0, 0.1) is 0 Å². The molecule has 1 atom stereocenters. The van der Waals surface area contributed by atoms with Crippen LogP contribution in [0.3, 0.4) is 0 Å². The molecule has 0 bridgehead atoms. The van der Waals surface area contributed by atoms with Crippen molar-refractivity contribution in [3.8, 4) is 0 Å². The largest absolute Gasteiger partial charge is 0.351 e. The Hall–Kier alpha value is -1.87. The number of benzene rings is 1. The Bertz CT molecular complexity index is 611. The van der Waals surface area contributed by atoms with E-state index in [-0.39, 0.29) is 0 Å². The Labute approximate surface area is 126 Å². The normalized spacial score (nSPS) is 21.7. The van der Waals surface area contributed by atoms with Gasteiger partial charge in [-0.3, -0.25) is 4.90 Å². The second-order valence-electron chi connectivity index (χ2n) is 6.09. The number of anilines is 1. The molecule has 0 spiro atoms. The second kappa shape index (κ2) is 5.49. The molecule has 1 fully saturated rings. The molecule has 0 unspecified atom stereocenters. The van der Waals surface area contributed by atoms with Crippen LogP contribution in [-0.2, 0) is 13.0 Å². The standard InChI is InChI=1S/C18H21N3/c1-2-5-15(6-3-1)13-20-11-12-21-17(14-20)9-8-16-7-4-10-19-18(16)21/h1-7,10,17H,8-9,11-14H2/t17-/m1/s1. The summed E-state index contributed by atoms with van der Waals surface area (Å²) in [5.74, 6) is 1.23. The van der Waals surface area contributed by atoms with Crippen LogP contribution in [0.25, 0.3) is 0 Å². The van der Waals surface area contributed by atoms with Gasteiger partial charge in [-0.05, 0) is 30.0 Å². The Morgan fingerprint density at radius 3 is 2.86 bits per heavy atom. The van der Waals surface area contributed by atoms with Crippen LogP contribution in [-0.4, -0.2) is 35.6 Å². The highest BCUT2D eigenvalue weighted by Gasteiger charge is 2.32. The molecular formula is C18H21N3. The first-order valence-corrected chi connectivity index (χ1v) is 7.87. The summed E-state index contributed by atoms with van der Waals surface area (Å²) in [5.41, 5.74) is 2.84. The molecule has 0 radical (unpaired) electrons. The van der Waals surface area contributed by atoms with Crippen LogP contribution in [0.5, 0.6) is 0 Å². The van der Waals surface area contributed by atoms with Crippen LogP contribution in [0.4, 0.5) is 5.82 Å². The van der Waals surface area contributed by atoms with Gasteiger partial charge in [-0.2, -0.15) is 0 Å². The molecule has 0 N–H and O–H groups in total. The summed E-state index contributed by atoms with van der Waals surface area (Å²) in [6.45, 7) is 4.45. The number of nitrogens with zero attached hydrogens (tertiary/aromatic N) is 3. The van der Waals surface area contributed by atoms with Gasteiger partial charge in [0.15, 0.2) is 0 Å². The fraction of sp³-hybridized carbons (Fsp3) is 0.389. The molecule has 1 aromatic heterocycles. The van der Waals surface area contributed by atoms with E-state index in [0.29, 0.717) is 6.04 Å². The maximum absolute atomic E-state index is 4.62.